The van der Waals surface area contributed by atoms with Gasteiger partial charge in [0.25, 0.3) is 5.69 Å². The standard InChI is InChI=1S/C16H17NO2/c1-11-8-12(2)10-15(9-11)13(3)14-4-6-16(7-5-14)17(18)19/h4-10,13H,1-3H3. The minimum atomic E-state index is -0.370. The molecule has 0 aliphatic carbocycles. The predicted molar refractivity (Wildman–Crippen MR) is 76.5 cm³/mol. The second-order valence-corrected chi connectivity index (χ2v) is 4.99. The van der Waals surface area contributed by atoms with Crippen LogP contribution in [0.3, 0.4) is 0 Å². The second kappa shape index (κ2) is 5.22. The molecule has 0 aliphatic rings. The Morgan fingerprint density at radius 1 is 0.947 bits per heavy atom. The Kier molecular flexibility index (Phi) is 3.65. The van der Waals surface area contributed by atoms with Gasteiger partial charge in [0.15, 0.2) is 0 Å². The summed E-state index contributed by atoms with van der Waals surface area (Å²) in [6.07, 6.45) is 0. The van der Waals surface area contributed by atoms with Gasteiger partial charge in [-0.05, 0) is 25.0 Å². The maximum Gasteiger partial charge on any atom is 0.269 e. The molecule has 98 valence electrons. The van der Waals surface area contributed by atoms with E-state index in [0.29, 0.717) is 0 Å². The third kappa shape index (κ3) is 2.99. The molecule has 0 aromatic heterocycles. The molecular formula is C16H17NO2. The van der Waals surface area contributed by atoms with Gasteiger partial charge in [0, 0.05) is 18.1 Å². The summed E-state index contributed by atoms with van der Waals surface area (Å²) in [5.41, 5.74) is 4.95. The van der Waals surface area contributed by atoms with Gasteiger partial charge in [-0.15, -0.1) is 0 Å². The Morgan fingerprint density at radius 3 is 1.95 bits per heavy atom. The Morgan fingerprint density at radius 2 is 1.47 bits per heavy atom. The van der Waals surface area contributed by atoms with E-state index in [0.717, 1.165) is 5.56 Å². The fraction of sp³-hybridized carbons (Fsp3) is 0.250. The smallest absolute Gasteiger partial charge is 0.258 e. The van der Waals surface area contributed by atoms with E-state index in [9.17, 15) is 10.1 Å². The number of hydrogen-bond acceptors (Lipinski definition) is 2. The van der Waals surface area contributed by atoms with Crippen molar-refractivity contribution in [3.63, 3.8) is 0 Å². The summed E-state index contributed by atoms with van der Waals surface area (Å²) in [6, 6.07) is 13.3. The first kappa shape index (κ1) is 13.3. The molecule has 2 aromatic carbocycles. The Balaban J connectivity index is 2.32. The molecule has 0 saturated carbocycles. The van der Waals surface area contributed by atoms with Gasteiger partial charge in [-0.3, -0.25) is 10.1 Å². The van der Waals surface area contributed by atoms with Crippen LogP contribution in [0.1, 0.15) is 35.1 Å². The van der Waals surface area contributed by atoms with Crippen LogP contribution in [0.2, 0.25) is 0 Å². The fourth-order valence-electron chi connectivity index (χ4n) is 2.34. The van der Waals surface area contributed by atoms with E-state index < -0.39 is 0 Å². The molecule has 0 aliphatic heterocycles. The lowest BCUT2D eigenvalue weighted by Crippen LogP contribution is -1.98. The van der Waals surface area contributed by atoms with Crippen LogP contribution < -0.4 is 0 Å². The van der Waals surface area contributed by atoms with Gasteiger partial charge in [0.05, 0.1) is 4.92 Å². The van der Waals surface area contributed by atoms with Crippen molar-refractivity contribution in [2.75, 3.05) is 0 Å². The lowest BCUT2D eigenvalue weighted by atomic mass is 9.91. The van der Waals surface area contributed by atoms with Crippen molar-refractivity contribution in [2.24, 2.45) is 0 Å². The summed E-state index contributed by atoms with van der Waals surface area (Å²) in [5, 5.41) is 10.6. The molecular weight excluding hydrogens is 238 g/mol. The van der Waals surface area contributed by atoms with Gasteiger partial charge in [-0.2, -0.15) is 0 Å². The molecule has 0 spiro atoms. The first-order valence-corrected chi connectivity index (χ1v) is 6.30. The molecule has 0 fully saturated rings. The molecule has 3 nitrogen and oxygen atoms in total. The van der Waals surface area contributed by atoms with Gasteiger partial charge in [0.1, 0.15) is 0 Å². The second-order valence-electron chi connectivity index (χ2n) is 4.99. The minimum absolute atomic E-state index is 0.136. The normalized spacial score (nSPS) is 12.2. The van der Waals surface area contributed by atoms with Gasteiger partial charge in [-0.1, -0.05) is 48.4 Å². The van der Waals surface area contributed by atoms with Crippen LogP contribution in [0.15, 0.2) is 42.5 Å². The molecule has 0 N–H and O–H groups in total. The highest BCUT2D eigenvalue weighted by atomic mass is 16.6. The maximum atomic E-state index is 10.6. The average Bonchev–Trinajstić information content (AvgIpc) is 2.37. The highest BCUT2D eigenvalue weighted by molar-refractivity contribution is 5.40. The third-order valence-electron chi connectivity index (χ3n) is 3.35. The number of benzene rings is 2. The average molecular weight is 255 g/mol. The zero-order valence-electron chi connectivity index (χ0n) is 11.4. The number of rotatable bonds is 3. The Bertz CT molecular complexity index is 582. The molecule has 0 radical (unpaired) electrons. The Hall–Kier alpha value is -2.16. The van der Waals surface area contributed by atoms with E-state index >= 15 is 0 Å². The summed E-state index contributed by atoms with van der Waals surface area (Å²) in [5.74, 6) is 0.236. The third-order valence-corrected chi connectivity index (χ3v) is 3.35. The largest absolute Gasteiger partial charge is 0.269 e. The van der Waals surface area contributed by atoms with E-state index in [1.807, 2.05) is 12.1 Å². The maximum absolute atomic E-state index is 10.6. The molecule has 0 bridgehead atoms. The highest BCUT2D eigenvalue weighted by Crippen LogP contribution is 2.27. The van der Waals surface area contributed by atoms with Crippen molar-refractivity contribution < 1.29 is 4.92 Å². The SMILES string of the molecule is Cc1cc(C)cc(C(C)c2ccc([N+](=O)[O-])cc2)c1. The minimum Gasteiger partial charge on any atom is -0.258 e. The summed E-state index contributed by atoms with van der Waals surface area (Å²) in [6.45, 7) is 6.29. The number of aryl methyl sites for hydroxylation is 2. The quantitative estimate of drug-likeness (QED) is 0.604. The van der Waals surface area contributed by atoms with Crippen LogP contribution >= 0.6 is 0 Å². The lowest BCUT2D eigenvalue weighted by Gasteiger charge is -2.14. The van der Waals surface area contributed by atoms with Crippen LogP contribution in [0, 0.1) is 24.0 Å². The number of nitro benzene ring substituents is 1. The van der Waals surface area contributed by atoms with Crippen molar-refractivity contribution in [2.45, 2.75) is 26.7 Å². The van der Waals surface area contributed by atoms with Crippen LogP contribution in [0.4, 0.5) is 5.69 Å². The van der Waals surface area contributed by atoms with Crippen LogP contribution in [0.25, 0.3) is 0 Å². The van der Waals surface area contributed by atoms with E-state index in [-0.39, 0.29) is 16.5 Å². The van der Waals surface area contributed by atoms with E-state index in [4.69, 9.17) is 0 Å². The van der Waals surface area contributed by atoms with Crippen molar-refractivity contribution in [3.8, 4) is 0 Å². The lowest BCUT2D eigenvalue weighted by molar-refractivity contribution is -0.384. The van der Waals surface area contributed by atoms with Gasteiger partial charge >= 0.3 is 0 Å². The number of nitrogens with zero attached hydrogens (tertiary/aromatic N) is 1. The van der Waals surface area contributed by atoms with E-state index in [2.05, 4.69) is 39.0 Å². The van der Waals surface area contributed by atoms with Crippen molar-refractivity contribution >= 4 is 5.69 Å². The Labute approximate surface area is 113 Å². The molecule has 1 atom stereocenters. The first-order chi connectivity index (χ1) is 8.97. The molecule has 0 amide bonds. The highest BCUT2D eigenvalue weighted by Gasteiger charge is 2.11. The number of non-ortho nitro benzene ring substituents is 1. The van der Waals surface area contributed by atoms with Gasteiger partial charge in [-0.25, -0.2) is 0 Å². The number of hydrogen-bond donors (Lipinski definition) is 0. The zero-order chi connectivity index (χ0) is 14.0. The summed E-state index contributed by atoms with van der Waals surface area (Å²) >= 11 is 0. The molecule has 1 unspecified atom stereocenters. The van der Waals surface area contributed by atoms with E-state index in [1.165, 1.54) is 16.7 Å². The molecule has 2 aromatic rings. The monoisotopic (exact) mass is 255 g/mol. The summed E-state index contributed by atoms with van der Waals surface area (Å²) in [4.78, 5) is 10.3. The molecule has 0 saturated heterocycles. The summed E-state index contributed by atoms with van der Waals surface area (Å²) in [7, 11) is 0. The van der Waals surface area contributed by atoms with Crippen molar-refractivity contribution in [1.82, 2.24) is 0 Å². The van der Waals surface area contributed by atoms with Crippen LogP contribution in [-0.2, 0) is 0 Å². The van der Waals surface area contributed by atoms with E-state index in [1.54, 1.807) is 12.1 Å². The van der Waals surface area contributed by atoms with Crippen LogP contribution in [0.5, 0.6) is 0 Å². The first-order valence-electron chi connectivity index (χ1n) is 6.30. The fourth-order valence-corrected chi connectivity index (χ4v) is 2.34. The topological polar surface area (TPSA) is 43.1 Å². The molecule has 3 heteroatoms. The molecule has 19 heavy (non-hydrogen) atoms. The van der Waals surface area contributed by atoms with Crippen molar-refractivity contribution in [3.05, 3.63) is 74.8 Å². The van der Waals surface area contributed by atoms with Gasteiger partial charge in [0.2, 0.25) is 0 Å². The van der Waals surface area contributed by atoms with Gasteiger partial charge < -0.3 is 0 Å². The van der Waals surface area contributed by atoms with Crippen molar-refractivity contribution in [1.29, 1.82) is 0 Å². The van der Waals surface area contributed by atoms with Crippen LogP contribution in [-0.4, -0.2) is 4.92 Å². The molecule has 0 heterocycles. The molecule has 2 rings (SSSR count). The zero-order valence-corrected chi connectivity index (χ0v) is 11.4. The number of nitro groups is 1. The predicted octanol–water partition coefficient (Wildman–Crippen LogP) is 4.36. The summed E-state index contributed by atoms with van der Waals surface area (Å²) < 4.78 is 0.